The molecule has 0 radical (unpaired) electrons. The molecule has 1 saturated heterocycles. The van der Waals surface area contributed by atoms with Gasteiger partial charge in [0.25, 0.3) is 0 Å². The predicted octanol–water partition coefficient (Wildman–Crippen LogP) is 1.77. The Morgan fingerprint density at radius 1 is 1.23 bits per heavy atom. The minimum Gasteiger partial charge on any atom is -0.371 e. The molecule has 0 atom stereocenters. The fourth-order valence-electron chi connectivity index (χ4n) is 2.79. The van der Waals surface area contributed by atoms with E-state index in [1.807, 2.05) is 13.1 Å². The molecular weight excluding hydrogens is 278 g/mol. The van der Waals surface area contributed by atoms with E-state index in [1.165, 1.54) is 31.0 Å². The minimum absolute atomic E-state index is 0.0463. The number of para-hydroxylation sites is 1. The zero-order chi connectivity index (χ0) is 15.9. The third-order valence-corrected chi connectivity index (χ3v) is 3.98. The molecule has 0 bridgehead atoms. The number of rotatable bonds is 6. The van der Waals surface area contributed by atoms with Crippen molar-refractivity contribution in [2.24, 2.45) is 0 Å². The van der Waals surface area contributed by atoms with Crippen molar-refractivity contribution in [3.63, 3.8) is 0 Å². The second-order valence-corrected chi connectivity index (χ2v) is 5.81. The normalized spacial score (nSPS) is 14.0. The van der Waals surface area contributed by atoms with Gasteiger partial charge in [-0.05, 0) is 24.5 Å². The van der Waals surface area contributed by atoms with Gasteiger partial charge in [0.2, 0.25) is 11.8 Å². The number of hydrogen-bond acceptors (Lipinski definition) is 3. The molecule has 22 heavy (non-hydrogen) atoms. The van der Waals surface area contributed by atoms with Crippen LogP contribution >= 0.6 is 0 Å². The molecule has 2 rings (SSSR count). The molecule has 1 aromatic rings. The zero-order valence-electron chi connectivity index (χ0n) is 13.5. The molecule has 0 saturated carbocycles. The van der Waals surface area contributed by atoms with Gasteiger partial charge < -0.3 is 15.1 Å². The van der Waals surface area contributed by atoms with Crippen molar-refractivity contribution in [3.05, 3.63) is 29.8 Å². The molecule has 1 N–H and O–H groups in total. The van der Waals surface area contributed by atoms with E-state index in [4.69, 9.17) is 0 Å². The Bertz CT molecular complexity index is 524. The van der Waals surface area contributed by atoms with Gasteiger partial charge in [-0.2, -0.15) is 0 Å². The molecular formula is C17H25N3O2. The van der Waals surface area contributed by atoms with Crippen LogP contribution in [-0.4, -0.2) is 43.4 Å². The summed E-state index contributed by atoms with van der Waals surface area (Å²) in [4.78, 5) is 27.1. The average molecular weight is 303 g/mol. The Hall–Kier alpha value is -2.04. The van der Waals surface area contributed by atoms with E-state index in [0.29, 0.717) is 19.5 Å². The van der Waals surface area contributed by atoms with Crippen molar-refractivity contribution in [2.45, 2.75) is 32.7 Å². The molecule has 2 amide bonds. The van der Waals surface area contributed by atoms with Crippen LogP contribution in [-0.2, 0) is 16.1 Å². The van der Waals surface area contributed by atoms with Crippen LogP contribution in [0.2, 0.25) is 0 Å². The topological polar surface area (TPSA) is 52.7 Å². The third-order valence-electron chi connectivity index (χ3n) is 3.98. The van der Waals surface area contributed by atoms with Crippen LogP contribution in [0.3, 0.4) is 0 Å². The van der Waals surface area contributed by atoms with Crippen LogP contribution in [0.25, 0.3) is 0 Å². The van der Waals surface area contributed by atoms with Gasteiger partial charge in [0.05, 0.1) is 0 Å². The Morgan fingerprint density at radius 2 is 1.91 bits per heavy atom. The molecule has 0 aromatic heterocycles. The maximum atomic E-state index is 12.1. The van der Waals surface area contributed by atoms with Crippen LogP contribution in [0.1, 0.15) is 31.7 Å². The van der Waals surface area contributed by atoms with Crippen molar-refractivity contribution in [3.8, 4) is 0 Å². The molecule has 0 aliphatic carbocycles. The molecule has 5 heteroatoms. The standard InChI is InChI=1S/C17H25N3O2/c1-14(21)18-10-9-17(22)19(2)13-15-7-3-4-8-16(15)20-11-5-6-12-20/h3-4,7-8H,5-6,9-13H2,1-2H3,(H,18,21). The number of carbonyl (C=O) groups is 2. The predicted molar refractivity (Wildman–Crippen MR) is 87.7 cm³/mol. The molecule has 1 aromatic carbocycles. The highest BCUT2D eigenvalue weighted by atomic mass is 16.2. The molecule has 0 unspecified atom stereocenters. The summed E-state index contributed by atoms with van der Waals surface area (Å²) in [6.45, 7) is 4.65. The van der Waals surface area contributed by atoms with Crippen molar-refractivity contribution >= 4 is 17.5 Å². The first kappa shape index (κ1) is 16.3. The zero-order valence-corrected chi connectivity index (χ0v) is 13.5. The number of amides is 2. The summed E-state index contributed by atoms with van der Waals surface area (Å²) in [5, 5.41) is 2.66. The van der Waals surface area contributed by atoms with Crippen LogP contribution in [0.15, 0.2) is 24.3 Å². The summed E-state index contributed by atoms with van der Waals surface area (Å²) >= 11 is 0. The summed E-state index contributed by atoms with van der Waals surface area (Å²) in [5.74, 6) is -0.0557. The number of hydrogen-bond donors (Lipinski definition) is 1. The van der Waals surface area contributed by atoms with Gasteiger partial charge in [0.1, 0.15) is 0 Å². The van der Waals surface area contributed by atoms with E-state index in [-0.39, 0.29) is 11.8 Å². The first-order valence-corrected chi connectivity index (χ1v) is 7.89. The van der Waals surface area contributed by atoms with Crippen LogP contribution in [0.5, 0.6) is 0 Å². The SMILES string of the molecule is CC(=O)NCCC(=O)N(C)Cc1ccccc1N1CCCC1. The van der Waals surface area contributed by atoms with Gasteiger partial charge in [-0.1, -0.05) is 18.2 Å². The fraction of sp³-hybridized carbons (Fsp3) is 0.529. The van der Waals surface area contributed by atoms with Crippen molar-refractivity contribution < 1.29 is 9.59 Å². The Labute approximate surface area is 132 Å². The summed E-state index contributed by atoms with van der Waals surface area (Å²) in [6.07, 6.45) is 2.81. The summed E-state index contributed by atoms with van der Waals surface area (Å²) in [5.41, 5.74) is 2.42. The summed E-state index contributed by atoms with van der Waals surface area (Å²) in [6, 6.07) is 8.29. The molecule has 1 aliphatic heterocycles. The van der Waals surface area contributed by atoms with Crippen molar-refractivity contribution in [1.82, 2.24) is 10.2 Å². The van der Waals surface area contributed by atoms with Crippen LogP contribution in [0, 0.1) is 0 Å². The average Bonchev–Trinajstić information content (AvgIpc) is 3.01. The lowest BCUT2D eigenvalue weighted by Gasteiger charge is -2.24. The van der Waals surface area contributed by atoms with E-state index in [1.54, 1.807) is 4.90 Å². The summed E-state index contributed by atoms with van der Waals surface area (Å²) in [7, 11) is 1.82. The van der Waals surface area contributed by atoms with Gasteiger partial charge in [-0.3, -0.25) is 9.59 Å². The number of carbonyl (C=O) groups excluding carboxylic acids is 2. The summed E-state index contributed by atoms with van der Waals surface area (Å²) < 4.78 is 0. The highest BCUT2D eigenvalue weighted by Gasteiger charge is 2.17. The van der Waals surface area contributed by atoms with Crippen LogP contribution in [0.4, 0.5) is 5.69 Å². The smallest absolute Gasteiger partial charge is 0.224 e. The monoisotopic (exact) mass is 303 g/mol. The van der Waals surface area contributed by atoms with Crippen LogP contribution < -0.4 is 10.2 Å². The largest absolute Gasteiger partial charge is 0.371 e. The Morgan fingerprint density at radius 3 is 2.59 bits per heavy atom. The maximum absolute atomic E-state index is 12.1. The first-order chi connectivity index (χ1) is 10.6. The van der Waals surface area contributed by atoms with Crippen molar-refractivity contribution in [1.29, 1.82) is 0 Å². The lowest BCUT2D eigenvalue weighted by Crippen LogP contribution is -2.31. The quantitative estimate of drug-likeness (QED) is 0.871. The van der Waals surface area contributed by atoms with E-state index in [0.717, 1.165) is 13.1 Å². The molecule has 5 nitrogen and oxygen atoms in total. The lowest BCUT2D eigenvalue weighted by molar-refractivity contribution is -0.130. The molecule has 0 spiro atoms. The lowest BCUT2D eigenvalue weighted by atomic mass is 10.1. The third kappa shape index (κ3) is 4.48. The van der Waals surface area contributed by atoms with Gasteiger partial charge in [-0.15, -0.1) is 0 Å². The van der Waals surface area contributed by atoms with Crippen molar-refractivity contribution in [2.75, 3.05) is 31.6 Å². The van der Waals surface area contributed by atoms with E-state index in [9.17, 15) is 9.59 Å². The number of nitrogens with one attached hydrogen (secondary N) is 1. The Kier molecular flexibility index (Phi) is 5.81. The van der Waals surface area contributed by atoms with Gasteiger partial charge in [-0.25, -0.2) is 0 Å². The van der Waals surface area contributed by atoms with Gasteiger partial charge in [0, 0.05) is 52.3 Å². The molecule has 1 heterocycles. The molecule has 120 valence electrons. The maximum Gasteiger partial charge on any atom is 0.224 e. The minimum atomic E-state index is -0.102. The highest BCUT2D eigenvalue weighted by molar-refractivity contribution is 5.78. The number of anilines is 1. The number of benzene rings is 1. The van der Waals surface area contributed by atoms with Gasteiger partial charge in [0.15, 0.2) is 0 Å². The number of nitrogens with zero attached hydrogens (tertiary/aromatic N) is 2. The molecule has 1 fully saturated rings. The van der Waals surface area contributed by atoms with E-state index in [2.05, 4.69) is 28.4 Å². The highest BCUT2D eigenvalue weighted by Crippen LogP contribution is 2.25. The first-order valence-electron chi connectivity index (χ1n) is 7.89. The second kappa shape index (κ2) is 7.82. The fourth-order valence-corrected chi connectivity index (χ4v) is 2.79. The van der Waals surface area contributed by atoms with Gasteiger partial charge >= 0.3 is 0 Å². The second-order valence-electron chi connectivity index (χ2n) is 5.81. The Balaban J connectivity index is 1.94. The van der Waals surface area contributed by atoms with E-state index < -0.39 is 0 Å². The van der Waals surface area contributed by atoms with E-state index >= 15 is 0 Å². The molecule has 1 aliphatic rings.